The first-order valence-electron chi connectivity index (χ1n) is 10.3. The lowest BCUT2D eigenvalue weighted by molar-refractivity contribution is 0.171. The average molecular weight is 348 g/mol. The second-order valence-corrected chi connectivity index (χ2v) is 7.67. The fraction of sp³-hybridized carbons (Fsp3) is 1.00. The summed E-state index contributed by atoms with van der Waals surface area (Å²) in [5.74, 6) is 0. The van der Waals surface area contributed by atoms with Gasteiger partial charge in [0.1, 0.15) is 0 Å². The molecule has 0 heterocycles. The number of unbranched alkanes of at least 4 members (excludes halogenated alkanes) is 12. The van der Waals surface area contributed by atoms with Gasteiger partial charge in [-0.25, -0.2) is 0 Å². The largest absolute Gasteiger partial charge is 0.299 e. The molecule has 0 saturated heterocycles. The molecule has 0 unspecified atom stereocenters. The van der Waals surface area contributed by atoms with Crippen molar-refractivity contribution in [2.45, 2.75) is 130 Å². The molecule has 0 fully saturated rings. The first kappa shape index (κ1) is 25.5. The van der Waals surface area contributed by atoms with Crippen molar-refractivity contribution >= 4 is 12.4 Å². The fourth-order valence-electron chi connectivity index (χ4n) is 3.42. The van der Waals surface area contributed by atoms with E-state index in [-0.39, 0.29) is 12.4 Å². The third-order valence-corrected chi connectivity index (χ3v) is 4.85. The van der Waals surface area contributed by atoms with Crippen LogP contribution in [0.15, 0.2) is 0 Å². The molecule has 0 rings (SSSR count). The molecule has 0 atom stereocenters. The van der Waals surface area contributed by atoms with Crippen LogP contribution >= 0.6 is 12.4 Å². The van der Waals surface area contributed by atoms with Crippen molar-refractivity contribution in [1.29, 1.82) is 0 Å². The van der Waals surface area contributed by atoms with Gasteiger partial charge in [-0.05, 0) is 40.7 Å². The second kappa shape index (κ2) is 18.6. The van der Waals surface area contributed by atoms with Crippen molar-refractivity contribution in [3.05, 3.63) is 0 Å². The SMILES string of the molecule is CCCCCCCCCCCCCCCN(C(C)C)C(C)C.Cl. The van der Waals surface area contributed by atoms with Crippen molar-refractivity contribution in [3.8, 4) is 0 Å². The fourth-order valence-corrected chi connectivity index (χ4v) is 3.42. The summed E-state index contributed by atoms with van der Waals surface area (Å²) in [5, 5.41) is 0. The summed E-state index contributed by atoms with van der Waals surface area (Å²) < 4.78 is 0. The summed E-state index contributed by atoms with van der Waals surface area (Å²) in [7, 11) is 0. The second-order valence-electron chi connectivity index (χ2n) is 7.67. The van der Waals surface area contributed by atoms with Gasteiger partial charge in [-0.2, -0.15) is 0 Å². The van der Waals surface area contributed by atoms with Gasteiger partial charge in [0.25, 0.3) is 0 Å². The van der Waals surface area contributed by atoms with Crippen molar-refractivity contribution in [2.75, 3.05) is 6.54 Å². The number of rotatable bonds is 16. The van der Waals surface area contributed by atoms with Crippen LogP contribution in [0.5, 0.6) is 0 Å². The van der Waals surface area contributed by atoms with Crippen molar-refractivity contribution in [1.82, 2.24) is 4.90 Å². The molecule has 0 aliphatic carbocycles. The minimum atomic E-state index is 0. The van der Waals surface area contributed by atoms with Crippen LogP contribution in [0.2, 0.25) is 0 Å². The predicted octanol–water partition coefficient (Wildman–Crippen LogP) is 7.62. The highest BCUT2D eigenvalue weighted by Crippen LogP contribution is 2.13. The van der Waals surface area contributed by atoms with E-state index >= 15 is 0 Å². The van der Waals surface area contributed by atoms with E-state index in [1.54, 1.807) is 0 Å². The van der Waals surface area contributed by atoms with Crippen LogP contribution in [-0.2, 0) is 0 Å². The topological polar surface area (TPSA) is 3.24 Å². The van der Waals surface area contributed by atoms with Crippen LogP contribution in [0.3, 0.4) is 0 Å². The lowest BCUT2D eigenvalue weighted by Crippen LogP contribution is -2.37. The zero-order valence-corrected chi connectivity index (χ0v) is 17.7. The van der Waals surface area contributed by atoms with Gasteiger partial charge in [0, 0.05) is 12.1 Å². The average Bonchev–Trinajstić information content (AvgIpc) is 2.46. The molecular formula is C21H46ClN. The molecule has 0 amide bonds. The Hall–Kier alpha value is 0.250. The van der Waals surface area contributed by atoms with Gasteiger partial charge in [-0.3, -0.25) is 4.90 Å². The Labute approximate surface area is 154 Å². The molecule has 23 heavy (non-hydrogen) atoms. The lowest BCUT2D eigenvalue weighted by Gasteiger charge is -2.30. The highest BCUT2D eigenvalue weighted by molar-refractivity contribution is 5.85. The van der Waals surface area contributed by atoms with Crippen LogP contribution in [0.1, 0.15) is 118 Å². The Kier molecular flexibility index (Phi) is 20.6. The molecule has 0 aromatic carbocycles. The molecule has 0 saturated carbocycles. The van der Waals surface area contributed by atoms with Gasteiger partial charge < -0.3 is 0 Å². The maximum atomic E-state index is 2.62. The van der Waals surface area contributed by atoms with Gasteiger partial charge >= 0.3 is 0 Å². The van der Waals surface area contributed by atoms with Gasteiger partial charge in [-0.1, -0.05) is 84.0 Å². The van der Waals surface area contributed by atoms with Gasteiger partial charge in [0.05, 0.1) is 0 Å². The van der Waals surface area contributed by atoms with E-state index < -0.39 is 0 Å². The van der Waals surface area contributed by atoms with Crippen LogP contribution in [-0.4, -0.2) is 23.5 Å². The van der Waals surface area contributed by atoms with Crippen molar-refractivity contribution in [2.24, 2.45) is 0 Å². The van der Waals surface area contributed by atoms with E-state index in [0.29, 0.717) is 12.1 Å². The van der Waals surface area contributed by atoms with Gasteiger partial charge in [0.2, 0.25) is 0 Å². The molecule has 0 radical (unpaired) electrons. The monoisotopic (exact) mass is 347 g/mol. The van der Waals surface area contributed by atoms with Crippen molar-refractivity contribution < 1.29 is 0 Å². The molecule has 0 bridgehead atoms. The molecule has 0 N–H and O–H groups in total. The van der Waals surface area contributed by atoms with E-state index in [0.717, 1.165) is 0 Å². The Morgan fingerprint density at radius 2 is 0.826 bits per heavy atom. The quantitative estimate of drug-likeness (QED) is 0.259. The third kappa shape index (κ3) is 16.9. The highest BCUT2D eigenvalue weighted by Gasteiger charge is 2.11. The minimum absolute atomic E-state index is 0. The zero-order valence-electron chi connectivity index (χ0n) is 16.9. The summed E-state index contributed by atoms with van der Waals surface area (Å²) >= 11 is 0. The zero-order chi connectivity index (χ0) is 16.6. The van der Waals surface area contributed by atoms with Crippen LogP contribution < -0.4 is 0 Å². The van der Waals surface area contributed by atoms with E-state index in [9.17, 15) is 0 Å². The molecular weight excluding hydrogens is 302 g/mol. The molecule has 0 spiro atoms. The predicted molar refractivity (Wildman–Crippen MR) is 110 cm³/mol. The number of halogens is 1. The summed E-state index contributed by atoms with van der Waals surface area (Å²) in [6.07, 6.45) is 18.8. The Morgan fingerprint density at radius 1 is 0.522 bits per heavy atom. The van der Waals surface area contributed by atoms with Gasteiger partial charge in [-0.15, -0.1) is 12.4 Å². The number of nitrogens with zero attached hydrogens (tertiary/aromatic N) is 1. The molecule has 0 aliphatic rings. The van der Waals surface area contributed by atoms with E-state index in [2.05, 4.69) is 39.5 Å². The molecule has 0 aromatic heterocycles. The molecule has 0 aromatic rings. The highest BCUT2D eigenvalue weighted by atomic mass is 35.5. The van der Waals surface area contributed by atoms with Crippen LogP contribution in [0.4, 0.5) is 0 Å². The number of hydrogen-bond acceptors (Lipinski definition) is 1. The maximum absolute atomic E-state index is 2.62. The Morgan fingerprint density at radius 3 is 1.13 bits per heavy atom. The summed E-state index contributed by atoms with van der Waals surface area (Å²) in [6.45, 7) is 12.9. The maximum Gasteiger partial charge on any atom is 0.00412 e. The van der Waals surface area contributed by atoms with E-state index in [4.69, 9.17) is 0 Å². The summed E-state index contributed by atoms with van der Waals surface area (Å²) in [4.78, 5) is 2.62. The smallest absolute Gasteiger partial charge is 0.00412 e. The third-order valence-electron chi connectivity index (χ3n) is 4.85. The Balaban J connectivity index is 0. The van der Waals surface area contributed by atoms with Gasteiger partial charge in [0.15, 0.2) is 0 Å². The molecule has 2 heteroatoms. The molecule has 142 valence electrons. The van der Waals surface area contributed by atoms with E-state index in [1.807, 2.05) is 0 Å². The molecule has 0 aliphatic heterocycles. The van der Waals surface area contributed by atoms with E-state index in [1.165, 1.54) is 90.0 Å². The number of hydrogen-bond donors (Lipinski definition) is 0. The first-order chi connectivity index (χ1) is 10.6. The summed E-state index contributed by atoms with van der Waals surface area (Å²) in [6, 6.07) is 1.38. The minimum Gasteiger partial charge on any atom is -0.299 e. The lowest BCUT2D eigenvalue weighted by atomic mass is 10.0. The first-order valence-corrected chi connectivity index (χ1v) is 10.3. The van der Waals surface area contributed by atoms with Crippen LogP contribution in [0.25, 0.3) is 0 Å². The Bertz CT molecular complexity index is 208. The van der Waals surface area contributed by atoms with Crippen molar-refractivity contribution in [3.63, 3.8) is 0 Å². The summed E-state index contributed by atoms with van der Waals surface area (Å²) in [5.41, 5.74) is 0. The standard InChI is InChI=1S/C21H45N.ClH/c1-6-7-8-9-10-11-12-13-14-15-16-17-18-19-22(20(2)3)21(4)5;/h20-21H,6-19H2,1-5H3;1H. The van der Waals surface area contributed by atoms with Crippen LogP contribution in [0, 0.1) is 0 Å². The molecule has 1 nitrogen and oxygen atoms in total. The normalized spacial score (nSPS) is 11.5.